The summed E-state index contributed by atoms with van der Waals surface area (Å²) in [5, 5.41) is 0. The van der Waals surface area contributed by atoms with Crippen LogP contribution in [0.2, 0.25) is 0 Å². The lowest BCUT2D eigenvalue weighted by Gasteiger charge is -2.22. The first kappa shape index (κ1) is 16.9. The van der Waals surface area contributed by atoms with Crippen LogP contribution in [0.15, 0.2) is 0 Å². The Morgan fingerprint density at radius 1 is 1.06 bits per heavy atom. The quantitative estimate of drug-likeness (QED) is 0.545. The molecule has 0 rings (SSSR count). The third kappa shape index (κ3) is 8.03. The van der Waals surface area contributed by atoms with Gasteiger partial charge in [0.15, 0.2) is 0 Å². The Labute approximate surface area is 109 Å². The number of carbonyl (C=O) groups is 2. The summed E-state index contributed by atoms with van der Waals surface area (Å²) < 4.78 is 9.39. The first-order valence-electron chi connectivity index (χ1n) is 5.99. The summed E-state index contributed by atoms with van der Waals surface area (Å²) in [7, 11) is 6.79. The molecule has 6 nitrogen and oxygen atoms in total. The average Bonchev–Trinajstić information content (AvgIpc) is 2.32. The average molecular weight is 260 g/mol. The smallest absolute Gasteiger partial charge is 0.307 e. The highest BCUT2D eigenvalue weighted by Gasteiger charge is 2.14. The van der Waals surface area contributed by atoms with E-state index in [0.717, 1.165) is 13.0 Å². The van der Waals surface area contributed by atoms with E-state index >= 15 is 0 Å². The number of carbonyl (C=O) groups excluding carboxylic acids is 2. The maximum Gasteiger partial charge on any atom is 0.307 e. The number of hydrogen-bond acceptors (Lipinski definition) is 5. The zero-order chi connectivity index (χ0) is 14.0. The second kappa shape index (κ2) is 9.85. The Morgan fingerprint density at radius 2 is 1.72 bits per heavy atom. The molecule has 0 fully saturated rings. The maximum atomic E-state index is 11.8. The van der Waals surface area contributed by atoms with Crippen molar-refractivity contribution in [2.45, 2.75) is 12.8 Å². The minimum atomic E-state index is -0.308. The molecule has 6 heteroatoms. The van der Waals surface area contributed by atoms with Crippen LogP contribution in [0.4, 0.5) is 0 Å². The predicted molar refractivity (Wildman–Crippen MR) is 68.3 cm³/mol. The van der Waals surface area contributed by atoms with Crippen LogP contribution in [0.25, 0.3) is 0 Å². The van der Waals surface area contributed by atoms with E-state index < -0.39 is 0 Å². The molecule has 0 aliphatic carbocycles. The standard InChI is InChI=1S/C12H24N2O4/c1-13(2)7-5-8-14(11(15)10-17-3)9-6-12(16)18-4/h5-10H2,1-4H3. The van der Waals surface area contributed by atoms with E-state index in [1.165, 1.54) is 14.2 Å². The summed E-state index contributed by atoms with van der Waals surface area (Å²) in [6, 6.07) is 0. The second-order valence-electron chi connectivity index (χ2n) is 4.30. The lowest BCUT2D eigenvalue weighted by Crippen LogP contribution is -2.37. The first-order valence-corrected chi connectivity index (χ1v) is 5.99. The number of amides is 1. The third-order valence-electron chi connectivity index (χ3n) is 2.47. The Morgan fingerprint density at radius 3 is 2.22 bits per heavy atom. The molecule has 0 bridgehead atoms. The van der Waals surface area contributed by atoms with Gasteiger partial charge in [0.1, 0.15) is 6.61 Å². The van der Waals surface area contributed by atoms with Crippen molar-refractivity contribution in [1.82, 2.24) is 9.80 Å². The van der Waals surface area contributed by atoms with Crippen LogP contribution in [-0.2, 0) is 19.1 Å². The maximum absolute atomic E-state index is 11.8. The van der Waals surface area contributed by atoms with Gasteiger partial charge >= 0.3 is 5.97 Å². The van der Waals surface area contributed by atoms with Crippen molar-refractivity contribution in [1.29, 1.82) is 0 Å². The molecule has 0 aliphatic rings. The molecule has 1 amide bonds. The summed E-state index contributed by atoms with van der Waals surface area (Å²) in [6.45, 7) is 1.94. The molecule has 0 radical (unpaired) electrons. The topological polar surface area (TPSA) is 59.1 Å². The van der Waals surface area contributed by atoms with Gasteiger partial charge in [-0.3, -0.25) is 9.59 Å². The van der Waals surface area contributed by atoms with Gasteiger partial charge < -0.3 is 19.3 Å². The van der Waals surface area contributed by atoms with Gasteiger partial charge in [-0.25, -0.2) is 0 Å². The van der Waals surface area contributed by atoms with Gasteiger partial charge in [-0.15, -0.1) is 0 Å². The van der Waals surface area contributed by atoms with E-state index in [9.17, 15) is 9.59 Å². The Balaban J connectivity index is 4.15. The Bertz CT molecular complexity index is 256. The highest BCUT2D eigenvalue weighted by molar-refractivity contribution is 5.78. The van der Waals surface area contributed by atoms with Crippen molar-refractivity contribution in [3.05, 3.63) is 0 Å². The molecular formula is C12H24N2O4. The second-order valence-corrected chi connectivity index (χ2v) is 4.30. The van der Waals surface area contributed by atoms with Crippen molar-refractivity contribution < 1.29 is 19.1 Å². The van der Waals surface area contributed by atoms with E-state index in [1.54, 1.807) is 4.90 Å². The van der Waals surface area contributed by atoms with Crippen LogP contribution in [0.5, 0.6) is 0 Å². The molecule has 18 heavy (non-hydrogen) atoms. The van der Waals surface area contributed by atoms with Crippen molar-refractivity contribution in [3.8, 4) is 0 Å². The number of rotatable bonds is 9. The van der Waals surface area contributed by atoms with Crippen LogP contribution in [0.1, 0.15) is 12.8 Å². The van der Waals surface area contributed by atoms with Crippen LogP contribution in [0.3, 0.4) is 0 Å². The fourth-order valence-electron chi connectivity index (χ4n) is 1.48. The van der Waals surface area contributed by atoms with E-state index in [1.807, 2.05) is 14.1 Å². The Kier molecular flexibility index (Phi) is 9.22. The summed E-state index contributed by atoms with van der Waals surface area (Å²) >= 11 is 0. The third-order valence-corrected chi connectivity index (χ3v) is 2.47. The Hall–Kier alpha value is -1.14. The highest BCUT2D eigenvalue weighted by atomic mass is 16.5. The number of methoxy groups -OCH3 is 2. The molecule has 0 saturated heterocycles. The molecule has 0 aromatic rings. The monoisotopic (exact) mass is 260 g/mol. The summed E-state index contributed by atoms with van der Waals surface area (Å²) in [5.41, 5.74) is 0. The number of esters is 1. The van der Waals surface area contributed by atoms with E-state index in [2.05, 4.69) is 9.64 Å². The first-order chi connectivity index (χ1) is 8.51. The van der Waals surface area contributed by atoms with Gasteiger partial charge in [-0.05, 0) is 27.1 Å². The van der Waals surface area contributed by atoms with Gasteiger partial charge in [0.25, 0.3) is 0 Å². The predicted octanol–water partition coefficient (Wildman–Crippen LogP) is -0.0238. The molecule has 106 valence electrons. The van der Waals surface area contributed by atoms with Gasteiger partial charge in [-0.1, -0.05) is 0 Å². The molecule has 0 heterocycles. The molecule has 0 aromatic carbocycles. The number of nitrogens with zero attached hydrogens (tertiary/aromatic N) is 2. The highest BCUT2D eigenvalue weighted by Crippen LogP contribution is 1.98. The molecule has 0 spiro atoms. The molecule has 0 saturated carbocycles. The van der Waals surface area contributed by atoms with E-state index in [0.29, 0.717) is 13.1 Å². The van der Waals surface area contributed by atoms with Gasteiger partial charge in [0.05, 0.1) is 13.5 Å². The van der Waals surface area contributed by atoms with Crippen LogP contribution >= 0.6 is 0 Å². The van der Waals surface area contributed by atoms with Crippen molar-refractivity contribution >= 4 is 11.9 Å². The van der Waals surface area contributed by atoms with Gasteiger partial charge in [0.2, 0.25) is 5.91 Å². The van der Waals surface area contributed by atoms with Crippen LogP contribution in [-0.4, -0.2) is 76.2 Å². The number of hydrogen-bond donors (Lipinski definition) is 0. The molecule has 0 aliphatic heterocycles. The van der Waals surface area contributed by atoms with Crippen molar-refractivity contribution in [2.24, 2.45) is 0 Å². The molecule has 0 aromatic heterocycles. The minimum absolute atomic E-state index is 0.0448. The van der Waals surface area contributed by atoms with Gasteiger partial charge in [-0.2, -0.15) is 0 Å². The zero-order valence-electron chi connectivity index (χ0n) is 11.8. The van der Waals surface area contributed by atoms with E-state index in [-0.39, 0.29) is 24.9 Å². The summed E-state index contributed by atoms with van der Waals surface area (Å²) in [4.78, 5) is 26.5. The summed E-state index contributed by atoms with van der Waals surface area (Å²) in [6.07, 6.45) is 1.08. The molecular weight excluding hydrogens is 236 g/mol. The zero-order valence-corrected chi connectivity index (χ0v) is 11.8. The fourth-order valence-corrected chi connectivity index (χ4v) is 1.48. The normalized spacial score (nSPS) is 10.5. The summed E-state index contributed by atoms with van der Waals surface area (Å²) in [5.74, 6) is -0.405. The molecule has 0 atom stereocenters. The lowest BCUT2D eigenvalue weighted by atomic mass is 10.3. The van der Waals surface area contributed by atoms with Crippen LogP contribution < -0.4 is 0 Å². The lowest BCUT2D eigenvalue weighted by molar-refractivity contribution is -0.142. The fraction of sp³-hybridized carbons (Fsp3) is 0.833. The van der Waals surface area contributed by atoms with Gasteiger partial charge in [0, 0.05) is 20.2 Å². The number of ether oxygens (including phenoxy) is 2. The molecule has 0 unspecified atom stereocenters. The SMILES string of the molecule is COCC(=O)N(CCCN(C)C)CCC(=O)OC. The largest absolute Gasteiger partial charge is 0.469 e. The van der Waals surface area contributed by atoms with Crippen LogP contribution in [0, 0.1) is 0 Å². The van der Waals surface area contributed by atoms with Crippen molar-refractivity contribution in [2.75, 3.05) is 54.6 Å². The minimum Gasteiger partial charge on any atom is -0.469 e. The van der Waals surface area contributed by atoms with Crippen molar-refractivity contribution in [3.63, 3.8) is 0 Å². The van der Waals surface area contributed by atoms with E-state index in [4.69, 9.17) is 4.74 Å². The molecule has 0 N–H and O–H groups in total.